The molecule has 0 saturated heterocycles. The van der Waals surface area contributed by atoms with E-state index in [0.717, 1.165) is 19.1 Å². The van der Waals surface area contributed by atoms with Gasteiger partial charge in [-0.15, -0.1) is 10.2 Å². The van der Waals surface area contributed by atoms with Gasteiger partial charge in [-0.05, 0) is 50.2 Å². The predicted molar refractivity (Wildman–Crippen MR) is 122 cm³/mol. The van der Waals surface area contributed by atoms with E-state index in [9.17, 15) is 30.6 Å². The largest absolute Gasteiger partial charge is 0.351 e. The first-order valence-electron chi connectivity index (χ1n) is 8.88. The van der Waals surface area contributed by atoms with Crippen LogP contribution in [0.25, 0.3) is 0 Å². The third kappa shape index (κ3) is 7.13. The topological polar surface area (TPSA) is 201 Å². The first kappa shape index (κ1) is 27.0. The zero-order valence-corrected chi connectivity index (χ0v) is 19.8. The van der Waals surface area contributed by atoms with E-state index in [4.69, 9.17) is 21.9 Å². The summed E-state index contributed by atoms with van der Waals surface area (Å²) in [4.78, 5) is 13.7. The van der Waals surface area contributed by atoms with E-state index < -0.39 is 47.6 Å². The Balaban J connectivity index is 2.58. The summed E-state index contributed by atoms with van der Waals surface area (Å²) in [7, 11) is -9.74. The number of nitrogens with one attached hydrogen (secondary N) is 1. The summed E-state index contributed by atoms with van der Waals surface area (Å²) >= 11 is 5.81. The average molecular weight is 534 g/mol. The van der Waals surface area contributed by atoms with Crippen LogP contribution in [0.3, 0.4) is 0 Å². The maximum atomic E-state index is 13.3. The van der Waals surface area contributed by atoms with E-state index in [0.29, 0.717) is 6.07 Å². The third-order valence-electron chi connectivity index (χ3n) is 3.93. The smallest absolute Gasteiger partial charge is 0.316 e. The van der Waals surface area contributed by atoms with Crippen molar-refractivity contribution in [2.75, 3.05) is 5.32 Å². The number of halogens is 2. The number of rotatable bonds is 7. The number of benzene rings is 2. The molecule has 12 nitrogen and oxygen atoms in total. The minimum absolute atomic E-state index is 0.0228. The zero-order chi connectivity index (χ0) is 25.8. The van der Waals surface area contributed by atoms with Gasteiger partial charge in [0.05, 0.1) is 27.0 Å². The molecule has 0 fully saturated rings. The second-order valence-corrected chi connectivity index (χ2v) is 9.70. The first-order chi connectivity index (χ1) is 15.6. The van der Waals surface area contributed by atoms with Crippen LogP contribution in [0.1, 0.15) is 13.8 Å². The molecule has 0 aromatic heterocycles. The molecule has 182 valence electrons. The standard InChI is InChI=1S/C18H17ClFN5O7S2/c1-9(20)17(19)10(2)22-11-3-5-13(15(7-11)23-18(21)26)24-25-14-6-4-12(33(27,28)29)8-16(14)34(30,31)32/h3-8H,1-2H3,(H3,21,23,26)(H,27,28,29)(H,30,31,32). The number of allylic oxidation sites excluding steroid dienone is 2. The fourth-order valence-corrected chi connectivity index (χ4v) is 3.73. The van der Waals surface area contributed by atoms with Gasteiger partial charge in [0.1, 0.15) is 22.1 Å². The van der Waals surface area contributed by atoms with Crippen LogP contribution in [-0.4, -0.2) is 37.7 Å². The molecule has 2 rings (SSSR count). The van der Waals surface area contributed by atoms with Gasteiger partial charge in [0.15, 0.2) is 0 Å². The average Bonchev–Trinajstić information content (AvgIpc) is 2.70. The Hall–Kier alpha value is -3.24. The van der Waals surface area contributed by atoms with E-state index in [1.165, 1.54) is 25.1 Å². The molecule has 0 aliphatic rings. The highest BCUT2D eigenvalue weighted by Crippen LogP contribution is 2.34. The van der Waals surface area contributed by atoms with Gasteiger partial charge in [-0.1, -0.05) is 11.6 Å². The third-order valence-corrected chi connectivity index (χ3v) is 6.19. The lowest BCUT2D eigenvalue weighted by Crippen LogP contribution is -2.19. The molecule has 0 unspecified atom stereocenters. The van der Waals surface area contributed by atoms with Crippen LogP contribution < -0.4 is 11.1 Å². The van der Waals surface area contributed by atoms with Gasteiger partial charge in [0.2, 0.25) is 0 Å². The van der Waals surface area contributed by atoms with Crippen molar-refractivity contribution in [3.63, 3.8) is 0 Å². The summed E-state index contributed by atoms with van der Waals surface area (Å²) in [6.07, 6.45) is 0. The number of nitrogens with zero attached hydrogens (tertiary/aromatic N) is 3. The first-order valence-corrected chi connectivity index (χ1v) is 12.1. The summed E-state index contributed by atoms with van der Waals surface area (Å²) in [6.45, 7) is 2.60. The number of primary amides is 1. The zero-order valence-electron chi connectivity index (χ0n) is 17.4. The number of nitrogens with two attached hydrogens (primary N) is 1. The molecule has 34 heavy (non-hydrogen) atoms. The molecule has 0 spiro atoms. The molecule has 5 N–H and O–H groups in total. The molecule has 2 amide bonds. The van der Waals surface area contributed by atoms with E-state index in [-0.39, 0.29) is 27.8 Å². The van der Waals surface area contributed by atoms with Crippen LogP contribution in [-0.2, 0) is 20.2 Å². The molecule has 0 aliphatic carbocycles. The molecule has 0 aliphatic heterocycles. The Kier molecular flexibility index (Phi) is 8.22. The Morgan fingerprint density at radius 1 is 1.00 bits per heavy atom. The lowest BCUT2D eigenvalue weighted by Gasteiger charge is -2.08. The maximum Gasteiger partial charge on any atom is 0.316 e. The minimum Gasteiger partial charge on any atom is -0.351 e. The second-order valence-electron chi connectivity index (χ2n) is 6.52. The predicted octanol–water partition coefficient (Wildman–Crippen LogP) is 4.62. The van der Waals surface area contributed by atoms with Crippen LogP contribution in [0, 0.1) is 0 Å². The van der Waals surface area contributed by atoms with Crippen LogP contribution in [0.2, 0.25) is 0 Å². The molecule has 0 atom stereocenters. The number of urea groups is 1. The van der Waals surface area contributed by atoms with Crippen LogP contribution >= 0.6 is 11.6 Å². The van der Waals surface area contributed by atoms with Gasteiger partial charge < -0.3 is 11.1 Å². The second kappa shape index (κ2) is 10.4. The normalized spacial score (nSPS) is 13.6. The summed E-state index contributed by atoms with van der Waals surface area (Å²) in [5.74, 6) is -0.654. The Morgan fingerprint density at radius 3 is 2.12 bits per heavy atom. The number of aliphatic imine (C=N–C) groups is 1. The molecular formula is C18H17ClFN5O7S2. The monoisotopic (exact) mass is 533 g/mol. The molecule has 0 saturated carbocycles. The summed E-state index contributed by atoms with van der Waals surface area (Å²) in [6, 6.07) is 5.23. The summed E-state index contributed by atoms with van der Waals surface area (Å²) in [5.41, 5.74) is 4.96. The van der Waals surface area contributed by atoms with Crippen LogP contribution in [0.5, 0.6) is 0 Å². The van der Waals surface area contributed by atoms with E-state index >= 15 is 0 Å². The van der Waals surface area contributed by atoms with Gasteiger partial charge in [0, 0.05) is 0 Å². The number of carbonyl (C=O) groups is 1. The lowest BCUT2D eigenvalue weighted by atomic mass is 10.2. The number of hydrogen-bond acceptors (Lipinski definition) is 8. The van der Waals surface area contributed by atoms with Gasteiger partial charge in [0.25, 0.3) is 20.2 Å². The van der Waals surface area contributed by atoms with E-state index in [1.54, 1.807) is 0 Å². The molecule has 0 heterocycles. The van der Waals surface area contributed by atoms with Crippen molar-refractivity contribution < 1.29 is 35.1 Å². The van der Waals surface area contributed by atoms with Gasteiger partial charge >= 0.3 is 6.03 Å². The quantitative estimate of drug-likeness (QED) is 0.226. The highest BCUT2D eigenvalue weighted by molar-refractivity contribution is 7.86. The number of amides is 2. The van der Waals surface area contributed by atoms with Crippen LogP contribution in [0.4, 0.5) is 31.9 Å². The summed E-state index contributed by atoms with van der Waals surface area (Å²) in [5, 5.41) is 9.54. The molecular weight excluding hydrogens is 517 g/mol. The van der Waals surface area contributed by atoms with Crippen molar-refractivity contribution in [3.8, 4) is 0 Å². The Bertz CT molecular complexity index is 1450. The number of anilines is 1. The Labute approximate surface area is 198 Å². The van der Waals surface area contributed by atoms with Crippen molar-refractivity contribution in [3.05, 3.63) is 47.3 Å². The lowest BCUT2D eigenvalue weighted by molar-refractivity contribution is 0.259. The van der Waals surface area contributed by atoms with Gasteiger partial charge in [-0.25, -0.2) is 9.18 Å². The van der Waals surface area contributed by atoms with Crippen molar-refractivity contribution >= 4 is 66.3 Å². The van der Waals surface area contributed by atoms with E-state index in [1.807, 2.05) is 0 Å². The highest BCUT2D eigenvalue weighted by atomic mass is 35.5. The van der Waals surface area contributed by atoms with Crippen molar-refractivity contribution in [2.45, 2.75) is 23.6 Å². The minimum atomic E-state index is -4.97. The number of carbonyl (C=O) groups excluding carboxylic acids is 1. The van der Waals surface area contributed by atoms with Crippen molar-refractivity contribution in [1.82, 2.24) is 0 Å². The maximum absolute atomic E-state index is 13.3. The SMILES string of the molecule is CC(=Nc1ccc(N=Nc2ccc(S(=O)(=O)O)cc2S(=O)(=O)O)c(NC(N)=O)c1)C(Cl)=C(C)F. The molecule has 2 aromatic rings. The fraction of sp³-hybridized carbons (Fsp3) is 0.111. The number of hydrogen-bond donors (Lipinski definition) is 4. The van der Waals surface area contributed by atoms with Crippen LogP contribution in [0.15, 0.2) is 72.3 Å². The van der Waals surface area contributed by atoms with E-state index in [2.05, 4.69) is 20.5 Å². The number of azo groups is 1. The Morgan fingerprint density at radius 2 is 1.59 bits per heavy atom. The fourth-order valence-electron chi connectivity index (χ4n) is 2.46. The molecule has 0 radical (unpaired) electrons. The van der Waals surface area contributed by atoms with Gasteiger partial charge in [-0.3, -0.25) is 14.1 Å². The molecule has 0 bridgehead atoms. The highest BCUT2D eigenvalue weighted by Gasteiger charge is 2.21. The summed E-state index contributed by atoms with van der Waals surface area (Å²) < 4.78 is 77.6. The molecule has 16 heteroatoms. The van der Waals surface area contributed by atoms with Crippen molar-refractivity contribution in [2.24, 2.45) is 21.0 Å². The van der Waals surface area contributed by atoms with Gasteiger partial charge in [-0.2, -0.15) is 16.8 Å². The molecule has 2 aromatic carbocycles. The van der Waals surface area contributed by atoms with Crippen molar-refractivity contribution in [1.29, 1.82) is 0 Å².